The van der Waals surface area contributed by atoms with Gasteiger partial charge in [-0.15, -0.1) is 0 Å². The lowest BCUT2D eigenvalue weighted by atomic mass is 9.94. The molecule has 6 saturated heterocycles. The number of carbonyl (C=O) groups is 2. The molecule has 0 aromatic heterocycles. The molecule has 6 aliphatic heterocycles. The average molecular weight is 1070 g/mol. The minimum Gasteiger partial charge on any atom is -0.394 e. The van der Waals surface area contributed by atoms with Crippen molar-refractivity contribution < 1.29 is 154 Å². The molecule has 0 radical (unpaired) electrons. The molecule has 73 heavy (non-hydrogen) atoms. The second-order valence-corrected chi connectivity index (χ2v) is 18.2. The predicted octanol–water partition coefficient (Wildman–Crippen LogP) is -13.8. The van der Waals surface area contributed by atoms with Crippen LogP contribution in [-0.2, 0) is 61.7 Å². The zero-order valence-corrected chi connectivity index (χ0v) is 38.9. The summed E-state index contributed by atoms with van der Waals surface area (Å²) in [6.45, 7) is -3.82. The van der Waals surface area contributed by atoms with Crippen LogP contribution in [0.15, 0.2) is 0 Å². The largest absolute Gasteiger partial charge is 0.394 e. The van der Waals surface area contributed by atoms with E-state index in [1.165, 1.54) is 0 Å². The fraction of sp³-hybridized carbons (Fsp3) is 0.950. The fourth-order valence-electron chi connectivity index (χ4n) is 9.32. The highest BCUT2D eigenvalue weighted by atomic mass is 16.8. The topological polar surface area (TPSA) is 524 Å². The Morgan fingerprint density at radius 2 is 0.644 bits per heavy atom. The zero-order chi connectivity index (χ0) is 53.9. The molecule has 6 aliphatic rings. The third-order valence-corrected chi connectivity index (χ3v) is 13.2. The Hall–Kier alpha value is -2.22. The standard InChI is InChI=1S/C40H68N2O31/c1-9(49)41-17-23(55)19(51)11(3-43)64-36(17)72-33-21(53)14(6-46)67-40(29(33)61)71-32-18(42-10(2)50)37(65-12(4-44)20(32)52)73-34-22(54)13(5-45)66-39(28(34)60)70-31-16(8-48)68-38(27(59)25(31)57)69-30-15(7-47)63-35(62)26(58)24(30)56/h11-40,43-48,51-62H,3-8H2,1-2H3,(H,41,49)(H,42,50)/t11-,12-,13-,14-,15-,16-,17-,18-,19+,20+,21+,22+,23-,24-,25-,26-,27-,28-,29-,30-,31+,32-,33+,34+,35-,36-,37+,38+,39-,40+/m1/s1. The molecule has 424 valence electrons. The van der Waals surface area contributed by atoms with Crippen molar-refractivity contribution >= 4 is 11.8 Å². The van der Waals surface area contributed by atoms with Gasteiger partial charge in [-0.3, -0.25) is 9.59 Å². The van der Waals surface area contributed by atoms with Crippen LogP contribution < -0.4 is 10.6 Å². The Labute approximate surface area is 413 Å². The van der Waals surface area contributed by atoms with Crippen molar-refractivity contribution in [3.8, 4) is 0 Å². The number of ether oxygens (including phenoxy) is 11. The first-order valence-electron chi connectivity index (χ1n) is 23.1. The number of carbonyl (C=O) groups excluding carboxylic acids is 2. The molecule has 6 heterocycles. The molecule has 20 N–H and O–H groups in total. The van der Waals surface area contributed by atoms with E-state index < -0.39 is 236 Å². The molecule has 0 aromatic rings. The van der Waals surface area contributed by atoms with E-state index in [4.69, 9.17) is 52.1 Å². The van der Waals surface area contributed by atoms with Gasteiger partial charge in [-0.1, -0.05) is 0 Å². The van der Waals surface area contributed by atoms with Crippen molar-refractivity contribution in [2.24, 2.45) is 0 Å². The molecule has 0 aliphatic carbocycles. The lowest BCUT2D eigenvalue weighted by Gasteiger charge is -2.51. The monoisotopic (exact) mass is 1070 g/mol. The first kappa shape index (κ1) is 60.0. The van der Waals surface area contributed by atoms with Gasteiger partial charge in [0.2, 0.25) is 11.8 Å². The van der Waals surface area contributed by atoms with E-state index in [9.17, 15) is 102 Å². The van der Waals surface area contributed by atoms with E-state index in [1.807, 2.05) is 0 Å². The number of hydrogen-bond acceptors (Lipinski definition) is 31. The maximum atomic E-state index is 12.8. The molecule has 0 saturated carbocycles. The Morgan fingerprint density at radius 1 is 0.329 bits per heavy atom. The third kappa shape index (κ3) is 12.9. The van der Waals surface area contributed by atoms with E-state index in [0.29, 0.717) is 0 Å². The van der Waals surface area contributed by atoms with Crippen molar-refractivity contribution in [3.05, 3.63) is 0 Å². The van der Waals surface area contributed by atoms with Crippen molar-refractivity contribution in [2.45, 2.75) is 198 Å². The molecule has 6 rings (SSSR count). The van der Waals surface area contributed by atoms with E-state index >= 15 is 0 Å². The number of aliphatic hydroxyl groups is 18. The van der Waals surface area contributed by atoms with Gasteiger partial charge >= 0.3 is 0 Å². The summed E-state index contributed by atoms with van der Waals surface area (Å²) in [7, 11) is 0. The maximum Gasteiger partial charge on any atom is 0.217 e. The van der Waals surface area contributed by atoms with Gasteiger partial charge in [0, 0.05) is 13.8 Å². The van der Waals surface area contributed by atoms with Crippen LogP contribution in [0, 0.1) is 0 Å². The minimum absolute atomic E-state index is 0.756. The van der Waals surface area contributed by atoms with Crippen LogP contribution in [0.4, 0.5) is 0 Å². The average Bonchev–Trinajstić information content (AvgIpc) is 3.35. The molecule has 6 fully saturated rings. The molecule has 0 bridgehead atoms. The maximum absolute atomic E-state index is 12.8. The summed E-state index contributed by atoms with van der Waals surface area (Å²) in [4.78, 5) is 24.8. The third-order valence-electron chi connectivity index (χ3n) is 13.2. The Kier molecular flexibility index (Phi) is 21.3. The number of hydrogen-bond donors (Lipinski definition) is 20. The lowest BCUT2D eigenvalue weighted by molar-refractivity contribution is -0.389. The van der Waals surface area contributed by atoms with Crippen molar-refractivity contribution in [1.82, 2.24) is 10.6 Å². The molecule has 33 nitrogen and oxygen atoms in total. The first-order chi connectivity index (χ1) is 34.5. The lowest BCUT2D eigenvalue weighted by Crippen LogP contribution is -2.71. The summed E-state index contributed by atoms with van der Waals surface area (Å²) in [6, 6.07) is -3.40. The van der Waals surface area contributed by atoms with Crippen molar-refractivity contribution in [1.29, 1.82) is 0 Å². The molecular weight excluding hydrogens is 1000 g/mol. The van der Waals surface area contributed by atoms with Crippen molar-refractivity contribution in [3.63, 3.8) is 0 Å². The first-order valence-corrected chi connectivity index (χ1v) is 23.1. The van der Waals surface area contributed by atoms with E-state index in [-0.39, 0.29) is 0 Å². The highest BCUT2D eigenvalue weighted by Gasteiger charge is 2.58. The van der Waals surface area contributed by atoms with Gasteiger partial charge < -0.3 is 155 Å². The molecule has 0 spiro atoms. The molecule has 2 amide bonds. The van der Waals surface area contributed by atoms with Crippen LogP contribution in [0.25, 0.3) is 0 Å². The highest BCUT2D eigenvalue weighted by Crippen LogP contribution is 2.37. The van der Waals surface area contributed by atoms with Gasteiger partial charge in [-0.2, -0.15) is 0 Å². The van der Waals surface area contributed by atoms with Gasteiger partial charge in [0.25, 0.3) is 0 Å². The van der Waals surface area contributed by atoms with Gasteiger partial charge in [-0.05, 0) is 0 Å². The van der Waals surface area contributed by atoms with Crippen LogP contribution in [0.3, 0.4) is 0 Å². The second-order valence-electron chi connectivity index (χ2n) is 18.2. The SMILES string of the molecule is CC(=O)N[C@H]1[C@@H](O[C@H]2[C@@H](O)[C@@H](CO)O[C@@H](O[C@H]3[C@@H](O)[C@@H](CO)O[C@@H](O[C@H]4[C@@H](O)[C@@H](CO)O[C@H](O[C@@H]5[C@H](O)[C@@H](O)[C@H](O[C@H]6[C@H](O)[C@@H](O)[C@H](O)O[C@@H]6CO)O[C@@H]5CO)[C@@H]4O)[C@@H]3NC(C)=O)[C@@H]2O)O[C@H](CO)[C@H](O)[C@@H]1O. The number of amides is 2. The predicted molar refractivity (Wildman–Crippen MR) is 222 cm³/mol. The van der Waals surface area contributed by atoms with Crippen LogP contribution in [-0.4, -0.2) is 327 Å². The van der Waals surface area contributed by atoms with Crippen molar-refractivity contribution in [2.75, 3.05) is 39.6 Å². The normalized spacial score (nSPS) is 49.8. The highest BCUT2D eigenvalue weighted by molar-refractivity contribution is 5.73. The van der Waals surface area contributed by atoms with Gasteiger partial charge in [0.05, 0.1) is 39.6 Å². The van der Waals surface area contributed by atoms with E-state index in [0.717, 1.165) is 13.8 Å². The summed E-state index contributed by atoms with van der Waals surface area (Å²) in [5.74, 6) is -1.64. The Morgan fingerprint density at radius 3 is 1.08 bits per heavy atom. The number of nitrogens with one attached hydrogen (secondary N) is 2. The van der Waals surface area contributed by atoms with Crippen LogP contribution in [0.2, 0.25) is 0 Å². The summed E-state index contributed by atoms with van der Waals surface area (Å²) in [5, 5.41) is 197. The van der Waals surface area contributed by atoms with Crippen LogP contribution >= 0.6 is 0 Å². The second kappa shape index (κ2) is 26.0. The van der Waals surface area contributed by atoms with E-state index in [2.05, 4.69) is 10.6 Å². The number of aliphatic hydroxyl groups excluding tert-OH is 18. The van der Waals surface area contributed by atoms with Gasteiger partial charge in [-0.25, -0.2) is 0 Å². The van der Waals surface area contributed by atoms with Gasteiger partial charge in [0.1, 0.15) is 146 Å². The quantitative estimate of drug-likeness (QED) is 0.0606. The molecule has 33 heteroatoms. The fourth-order valence-corrected chi connectivity index (χ4v) is 9.32. The van der Waals surface area contributed by atoms with Crippen LogP contribution in [0.1, 0.15) is 13.8 Å². The molecule has 0 unspecified atom stereocenters. The summed E-state index contributed by atoms with van der Waals surface area (Å²) in [5.41, 5.74) is 0. The summed E-state index contributed by atoms with van der Waals surface area (Å²) < 4.78 is 62.4. The minimum atomic E-state index is -2.23. The van der Waals surface area contributed by atoms with Crippen LogP contribution in [0.5, 0.6) is 0 Å². The summed E-state index contributed by atoms with van der Waals surface area (Å²) >= 11 is 0. The molecule has 0 aromatic carbocycles. The molecule has 30 atom stereocenters. The summed E-state index contributed by atoms with van der Waals surface area (Å²) in [6.07, 6.45) is -53.5. The number of rotatable bonds is 18. The van der Waals surface area contributed by atoms with E-state index in [1.54, 1.807) is 0 Å². The smallest absolute Gasteiger partial charge is 0.217 e. The van der Waals surface area contributed by atoms with Gasteiger partial charge in [0.15, 0.2) is 37.7 Å². The molecular formula is C40H68N2O31. The Balaban J connectivity index is 1.22. The Bertz CT molecular complexity index is 1750. The zero-order valence-electron chi connectivity index (χ0n) is 38.9.